The molecule has 0 aliphatic rings. The van der Waals surface area contributed by atoms with Gasteiger partial charge in [0.15, 0.2) is 0 Å². The number of hydroxylamine groups is 1. The van der Waals surface area contributed by atoms with Crippen LogP contribution in [-0.2, 0) is 4.74 Å². The fourth-order valence-corrected chi connectivity index (χ4v) is 1.90. The predicted molar refractivity (Wildman–Crippen MR) is 73.2 cm³/mol. The second kappa shape index (κ2) is 6.47. The van der Waals surface area contributed by atoms with Gasteiger partial charge in [-0.1, -0.05) is 65.5 Å². The fraction of sp³-hybridized carbons (Fsp3) is 0.133. The number of nitrogens with zero attached hydrogens (tertiary/aromatic N) is 2. The van der Waals surface area contributed by atoms with E-state index in [2.05, 4.69) is 9.85 Å². The second-order valence-corrected chi connectivity index (χ2v) is 4.10. The standard InChI is InChI=1S/C15H14N2O3/c1-20-15(18)16-17(19)14(12-8-4-2-5-9-12)13-10-6-3-7-11-13/h2-11,14H,1H3/b17-16-. The van der Waals surface area contributed by atoms with Crippen LogP contribution in [0.4, 0.5) is 4.79 Å². The summed E-state index contributed by atoms with van der Waals surface area (Å²) in [6.07, 6.45) is -0.920. The molecule has 5 nitrogen and oxygen atoms in total. The third kappa shape index (κ3) is 3.20. The molecule has 0 N–H and O–H groups in total. The fourth-order valence-electron chi connectivity index (χ4n) is 1.90. The van der Waals surface area contributed by atoms with Crippen LogP contribution in [0.2, 0.25) is 0 Å². The highest BCUT2D eigenvalue weighted by molar-refractivity contribution is 5.66. The predicted octanol–water partition coefficient (Wildman–Crippen LogP) is 3.50. The van der Waals surface area contributed by atoms with E-state index in [0.29, 0.717) is 4.86 Å². The topological polar surface area (TPSA) is 64.7 Å². The van der Waals surface area contributed by atoms with Crippen molar-refractivity contribution in [2.75, 3.05) is 7.11 Å². The lowest BCUT2D eigenvalue weighted by molar-refractivity contribution is -0.559. The van der Waals surface area contributed by atoms with Crippen LogP contribution in [0, 0.1) is 5.21 Å². The van der Waals surface area contributed by atoms with Gasteiger partial charge in [0.1, 0.15) is 0 Å². The Balaban J connectivity index is 2.45. The molecule has 0 spiro atoms. The van der Waals surface area contributed by atoms with Crippen molar-refractivity contribution >= 4 is 6.09 Å². The van der Waals surface area contributed by atoms with Gasteiger partial charge < -0.3 is 9.94 Å². The van der Waals surface area contributed by atoms with Gasteiger partial charge >= 0.3 is 6.09 Å². The molecule has 0 aliphatic carbocycles. The molecule has 20 heavy (non-hydrogen) atoms. The number of benzene rings is 2. The molecule has 0 saturated heterocycles. The van der Waals surface area contributed by atoms with Crippen molar-refractivity contribution in [2.45, 2.75) is 6.04 Å². The minimum absolute atomic E-state index is 0.372. The summed E-state index contributed by atoms with van der Waals surface area (Å²) < 4.78 is 4.40. The maximum Gasteiger partial charge on any atom is 0.491 e. The van der Waals surface area contributed by atoms with E-state index >= 15 is 0 Å². The molecule has 0 aliphatic heterocycles. The molecule has 0 radical (unpaired) electrons. The molecule has 5 heteroatoms. The van der Waals surface area contributed by atoms with Crippen molar-refractivity contribution in [1.82, 2.24) is 0 Å². The van der Waals surface area contributed by atoms with E-state index in [9.17, 15) is 10.0 Å². The van der Waals surface area contributed by atoms with Crippen molar-refractivity contribution in [3.05, 3.63) is 77.0 Å². The van der Waals surface area contributed by atoms with Crippen LogP contribution in [0.1, 0.15) is 17.2 Å². The number of hydrogen-bond acceptors (Lipinski definition) is 3. The van der Waals surface area contributed by atoms with Crippen molar-refractivity contribution < 1.29 is 14.4 Å². The third-order valence-corrected chi connectivity index (χ3v) is 2.81. The summed E-state index contributed by atoms with van der Waals surface area (Å²) >= 11 is 0. The van der Waals surface area contributed by atoms with Gasteiger partial charge in [-0.05, 0) is 0 Å². The van der Waals surface area contributed by atoms with Crippen molar-refractivity contribution in [3.8, 4) is 0 Å². The summed E-state index contributed by atoms with van der Waals surface area (Å²) in [5.41, 5.74) is 1.50. The smallest absolute Gasteiger partial charge is 0.491 e. The highest BCUT2D eigenvalue weighted by atomic mass is 16.6. The maximum absolute atomic E-state index is 12.2. The Bertz CT molecular complexity index is 558. The molecule has 2 rings (SSSR count). The number of amides is 1. The zero-order valence-corrected chi connectivity index (χ0v) is 11.0. The van der Waals surface area contributed by atoms with Gasteiger partial charge in [0.05, 0.1) is 12.2 Å². The molecule has 0 fully saturated rings. The maximum atomic E-state index is 12.2. The average Bonchev–Trinajstić information content (AvgIpc) is 2.49. The summed E-state index contributed by atoms with van der Waals surface area (Å²) in [5.74, 6) is 0. The largest absolute Gasteiger partial charge is 0.599 e. The Morgan fingerprint density at radius 2 is 1.50 bits per heavy atom. The first-order valence-corrected chi connectivity index (χ1v) is 6.08. The lowest BCUT2D eigenvalue weighted by Gasteiger charge is -2.14. The average molecular weight is 270 g/mol. The van der Waals surface area contributed by atoms with Crippen LogP contribution in [0.25, 0.3) is 0 Å². The number of carbonyl (C=O) groups is 1. The van der Waals surface area contributed by atoms with Crippen LogP contribution in [0.15, 0.2) is 65.8 Å². The normalized spacial score (nSPS) is 11.4. The second-order valence-electron chi connectivity index (χ2n) is 4.10. The van der Waals surface area contributed by atoms with E-state index in [4.69, 9.17) is 0 Å². The molecule has 0 unspecified atom stereocenters. The van der Waals surface area contributed by atoms with E-state index in [-0.39, 0.29) is 0 Å². The molecule has 102 valence electrons. The molecule has 0 aromatic heterocycles. The zero-order valence-electron chi connectivity index (χ0n) is 11.0. The quantitative estimate of drug-likeness (QED) is 0.487. The number of ether oxygens (including phenoxy) is 1. The van der Waals surface area contributed by atoms with Crippen LogP contribution < -0.4 is 0 Å². The van der Waals surface area contributed by atoms with E-state index in [1.165, 1.54) is 7.11 Å². The molecule has 0 atom stereocenters. The highest BCUT2D eigenvalue weighted by Gasteiger charge is 2.24. The third-order valence-electron chi connectivity index (χ3n) is 2.81. The first-order valence-electron chi connectivity index (χ1n) is 6.08. The number of hydrogen-bond donors (Lipinski definition) is 0. The zero-order chi connectivity index (χ0) is 14.4. The van der Waals surface area contributed by atoms with Crippen LogP contribution >= 0.6 is 0 Å². The van der Waals surface area contributed by atoms with Crippen LogP contribution in [-0.4, -0.2) is 18.1 Å². The van der Waals surface area contributed by atoms with E-state index in [1.807, 2.05) is 60.7 Å². The highest BCUT2D eigenvalue weighted by Crippen LogP contribution is 2.25. The Hall–Kier alpha value is -2.69. The minimum Gasteiger partial charge on any atom is -0.599 e. The van der Waals surface area contributed by atoms with Crippen LogP contribution in [0.3, 0.4) is 0 Å². The first-order chi connectivity index (χ1) is 9.72. The molecule has 0 saturated carbocycles. The van der Waals surface area contributed by atoms with Crippen molar-refractivity contribution in [3.63, 3.8) is 0 Å². The van der Waals surface area contributed by atoms with Gasteiger partial charge in [-0.3, -0.25) is 0 Å². The summed E-state index contributed by atoms with van der Waals surface area (Å²) in [4.78, 5) is 11.5. The van der Waals surface area contributed by atoms with Gasteiger partial charge in [-0.2, -0.15) is 0 Å². The van der Waals surface area contributed by atoms with Gasteiger partial charge in [0.2, 0.25) is 6.04 Å². The Morgan fingerprint density at radius 1 is 1.05 bits per heavy atom. The summed E-state index contributed by atoms with van der Waals surface area (Å²) in [7, 11) is 1.18. The van der Waals surface area contributed by atoms with Gasteiger partial charge in [-0.15, -0.1) is 0 Å². The summed E-state index contributed by atoms with van der Waals surface area (Å²) in [5, 5.41) is 15.5. The number of rotatable bonds is 3. The van der Waals surface area contributed by atoms with Crippen LogP contribution in [0.5, 0.6) is 0 Å². The first kappa shape index (κ1) is 13.7. The van der Waals surface area contributed by atoms with Crippen molar-refractivity contribution in [1.29, 1.82) is 0 Å². The summed E-state index contributed by atoms with van der Waals surface area (Å²) in [6.45, 7) is 0. The van der Waals surface area contributed by atoms with E-state index < -0.39 is 12.1 Å². The van der Waals surface area contributed by atoms with Crippen molar-refractivity contribution in [2.24, 2.45) is 5.11 Å². The molecule has 0 bridgehead atoms. The molecule has 0 heterocycles. The number of carbonyl (C=O) groups excluding carboxylic acids is 1. The van der Waals surface area contributed by atoms with E-state index in [1.54, 1.807) is 0 Å². The molecule has 2 aromatic rings. The van der Waals surface area contributed by atoms with E-state index in [0.717, 1.165) is 11.1 Å². The minimum atomic E-state index is -0.920. The van der Waals surface area contributed by atoms with Gasteiger partial charge in [0.25, 0.3) is 0 Å². The Labute approximate surface area is 116 Å². The number of azo groups is 1. The molecule has 2 aromatic carbocycles. The summed E-state index contributed by atoms with van der Waals surface area (Å²) in [6, 6.07) is 17.6. The molecule has 1 amide bonds. The lowest BCUT2D eigenvalue weighted by atomic mass is 9.99. The lowest BCUT2D eigenvalue weighted by Crippen LogP contribution is -2.15. The van der Waals surface area contributed by atoms with Gasteiger partial charge in [-0.25, -0.2) is 4.79 Å². The molecular formula is C15H14N2O3. The monoisotopic (exact) mass is 270 g/mol. The Kier molecular flexibility index (Phi) is 4.44. The molecular weight excluding hydrogens is 256 g/mol. The Morgan fingerprint density at radius 3 is 1.90 bits per heavy atom. The number of methoxy groups -OCH3 is 1. The van der Waals surface area contributed by atoms with Gasteiger partial charge in [0, 0.05) is 11.1 Å². The SMILES string of the molecule is COC(=O)/N=[N+](\[O-])C(c1ccccc1)c1ccccc1.